The molecule has 3 nitrogen and oxygen atoms in total. The van der Waals surface area contributed by atoms with Crippen molar-refractivity contribution >= 4 is 8.25 Å². The quantitative estimate of drug-likeness (QED) is 0.648. The molecule has 1 aliphatic carbocycles. The third kappa shape index (κ3) is 2.64. The van der Waals surface area contributed by atoms with E-state index in [1.807, 2.05) is 6.08 Å². The minimum absolute atomic E-state index is 0.0233. The third-order valence-corrected chi connectivity index (χ3v) is 4.35. The van der Waals surface area contributed by atoms with Crippen molar-refractivity contribution in [1.82, 2.24) is 0 Å². The number of hydrogen-bond donors (Lipinski definition) is 0. The summed E-state index contributed by atoms with van der Waals surface area (Å²) < 4.78 is 22.0. The molecule has 0 bridgehead atoms. The molecule has 1 fully saturated rings. The first-order valence-electron chi connectivity index (χ1n) is 6.08. The van der Waals surface area contributed by atoms with Gasteiger partial charge in [0.25, 0.3) is 0 Å². The highest BCUT2D eigenvalue weighted by molar-refractivity contribution is 7.33. The molecule has 0 amide bonds. The van der Waals surface area contributed by atoms with Crippen LogP contribution in [0, 0.1) is 11.3 Å². The Hall–Kier alpha value is -0.400. The highest BCUT2D eigenvalue weighted by Gasteiger charge is 2.44. The fraction of sp³-hybridized carbons (Fsp3) is 0.833. The lowest BCUT2D eigenvalue weighted by atomic mass is 9.74. The lowest BCUT2D eigenvalue weighted by Crippen LogP contribution is -2.36. The monoisotopic (exact) mass is 243 g/mol. The average Bonchev–Trinajstić information content (AvgIpc) is 2.39. The van der Waals surface area contributed by atoms with Gasteiger partial charge >= 0.3 is 8.25 Å². The van der Waals surface area contributed by atoms with Crippen LogP contribution in [0.5, 0.6) is 0 Å². The van der Waals surface area contributed by atoms with Crippen LogP contribution in [0.2, 0.25) is 0 Å². The summed E-state index contributed by atoms with van der Waals surface area (Å²) in [7, 11) is -1.98. The third-order valence-electron chi connectivity index (χ3n) is 3.66. The second kappa shape index (κ2) is 4.85. The summed E-state index contributed by atoms with van der Waals surface area (Å²) >= 11 is 0. The first-order valence-corrected chi connectivity index (χ1v) is 7.18. The maximum absolute atomic E-state index is 11.5. The van der Waals surface area contributed by atoms with Gasteiger partial charge in [0.1, 0.15) is 6.10 Å². The molecule has 1 saturated carbocycles. The van der Waals surface area contributed by atoms with Crippen molar-refractivity contribution in [2.75, 3.05) is 0 Å². The van der Waals surface area contributed by atoms with Crippen LogP contribution in [0.3, 0.4) is 0 Å². The van der Waals surface area contributed by atoms with E-state index < -0.39 is 8.25 Å². The van der Waals surface area contributed by atoms with Crippen molar-refractivity contribution in [3.05, 3.63) is 12.3 Å². The Morgan fingerprint density at radius 3 is 2.62 bits per heavy atom. The van der Waals surface area contributed by atoms with Crippen molar-refractivity contribution < 1.29 is 13.6 Å². The molecule has 0 spiro atoms. The maximum Gasteiger partial charge on any atom is 0.749 e. The molecular weight excluding hydrogens is 223 g/mol. The van der Waals surface area contributed by atoms with Crippen molar-refractivity contribution in [2.24, 2.45) is 11.3 Å². The predicted molar refractivity (Wildman–Crippen MR) is 63.1 cm³/mol. The van der Waals surface area contributed by atoms with Crippen molar-refractivity contribution in [2.45, 2.75) is 52.1 Å². The summed E-state index contributed by atoms with van der Waals surface area (Å²) in [4.78, 5) is 0. The number of rotatable bonds is 1. The molecule has 1 heterocycles. The molecule has 90 valence electrons. The highest BCUT2D eigenvalue weighted by Crippen LogP contribution is 2.45. The second-order valence-electron chi connectivity index (χ2n) is 5.38. The van der Waals surface area contributed by atoms with Crippen LogP contribution >= 0.6 is 8.25 Å². The van der Waals surface area contributed by atoms with Gasteiger partial charge in [0.2, 0.25) is 0 Å². The second-order valence-corrected chi connectivity index (χ2v) is 6.25. The van der Waals surface area contributed by atoms with E-state index in [1.165, 1.54) is 38.4 Å². The smallest absolute Gasteiger partial charge is 0.238 e. The Labute approximate surface area is 98.2 Å². The minimum Gasteiger partial charge on any atom is -0.238 e. The summed E-state index contributed by atoms with van der Waals surface area (Å²) in [6.07, 6.45) is 9.76. The van der Waals surface area contributed by atoms with E-state index in [-0.39, 0.29) is 11.5 Å². The minimum atomic E-state index is -1.98. The van der Waals surface area contributed by atoms with Gasteiger partial charge in [-0.3, -0.25) is 0 Å². The largest absolute Gasteiger partial charge is 0.749 e. The molecule has 0 radical (unpaired) electrons. The van der Waals surface area contributed by atoms with E-state index in [4.69, 9.17) is 9.05 Å². The number of hydrogen-bond acceptors (Lipinski definition) is 3. The standard InChI is InChI=1S/C12H20O3P/c1-12(2)8-9-14-16(13)15-11(12)10-6-4-3-5-7-10/h8-11H,3-7H2,1-2H3/q+1. The van der Waals surface area contributed by atoms with Crippen molar-refractivity contribution in [3.63, 3.8) is 0 Å². The van der Waals surface area contributed by atoms with E-state index in [0.29, 0.717) is 5.92 Å². The zero-order chi connectivity index (χ0) is 11.6. The van der Waals surface area contributed by atoms with Gasteiger partial charge in [0.05, 0.1) is 0 Å². The lowest BCUT2D eigenvalue weighted by Gasteiger charge is -2.34. The lowest BCUT2D eigenvalue weighted by molar-refractivity contribution is 0.0369. The van der Waals surface area contributed by atoms with Crippen molar-refractivity contribution in [3.8, 4) is 0 Å². The van der Waals surface area contributed by atoms with E-state index in [2.05, 4.69) is 13.8 Å². The molecule has 2 unspecified atom stereocenters. The fourth-order valence-electron chi connectivity index (χ4n) is 2.73. The van der Waals surface area contributed by atoms with E-state index in [1.54, 1.807) is 0 Å². The van der Waals surface area contributed by atoms with E-state index in [0.717, 1.165) is 0 Å². The Morgan fingerprint density at radius 2 is 1.94 bits per heavy atom. The molecule has 0 aromatic heterocycles. The molecule has 2 atom stereocenters. The van der Waals surface area contributed by atoms with Crippen LogP contribution in [0.1, 0.15) is 46.0 Å². The van der Waals surface area contributed by atoms with Crippen LogP contribution in [-0.2, 0) is 13.6 Å². The Bertz CT molecular complexity index is 293. The Morgan fingerprint density at radius 1 is 1.25 bits per heavy atom. The molecule has 0 aromatic carbocycles. The van der Waals surface area contributed by atoms with Gasteiger partial charge in [-0.2, -0.15) is 0 Å². The van der Waals surface area contributed by atoms with Crippen LogP contribution in [-0.4, -0.2) is 6.10 Å². The molecule has 2 rings (SSSR count). The van der Waals surface area contributed by atoms with Gasteiger partial charge in [-0.1, -0.05) is 33.1 Å². The van der Waals surface area contributed by atoms with Gasteiger partial charge in [-0.15, -0.1) is 4.52 Å². The molecule has 0 aromatic rings. The normalized spacial score (nSPS) is 33.1. The van der Waals surface area contributed by atoms with Gasteiger partial charge in [0.15, 0.2) is 6.26 Å². The van der Waals surface area contributed by atoms with Gasteiger partial charge in [-0.25, -0.2) is 4.52 Å². The molecular formula is C12H20O3P+. The van der Waals surface area contributed by atoms with Crippen molar-refractivity contribution in [1.29, 1.82) is 0 Å². The fourth-order valence-corrected chi connectivity index (χ4v) is 3.57. The highest BCUT2D eigenvalue weighted by atomic mass is 31.1. The maximum atomic E-state index is 11.5. The first-order chi connectivity index (χ1) is 7.59. The summed E-state index contributed by atoms with van der Waals surface area (Å²) in [5, 5.41) is 0. The molecule has 1 aliphatic heterocycles. The molecule has 2 aliphatic rings. The average molecular weight is 243 g/mol. The predicted octanol–water partition coefficient (Wildman–Crippen LogP) is 4.18. The van der Waals surface area contributed by atoms with E-state index >= 15 is 0 Å². The van der Waals surface area contributed by atoms with Gasteiger partial charge < -0.3 is 0 Å². The van der Waals surface area contributed by atoms with Crippen LogP contribution in [0.25, 0.3) is 0 Å². The summed E-state index contributed by atoms with van der Waals surface area (Å²) in [5.41, 5.74) is -0.0938. The summed E-state index contributed by atoms with van der Waals surface area (Å²) in [6, 6.07) is 0. The first kappa shape index (κ1) is 12.1. The molecule has 0 saturated heterocycles. The van der Waals surface area contributed by atoms with Crippen LogP contribution < -0.4 is 0 Å². The molecule has 4 heteroatoms. The van der Waals surface area contributed by atoms with Gasteiger partial charge in [-0.05, 0) is 24.8 Å². The Balaban J connectivity index is 2.14. The van der Waals surface area contributed by atoms with E-state index in [9.17, 15) is 4.57 Å². The summed E-state index contributed by atoms with van der Waals surface area (Å²) in [5.74, 6) is 0.522. The summed E-state index contributed by atoms with van der Waals surface area (Å²) in [6.45, 7) is 4.25. The zero-order valence-electron chi connectivity index (χ0n) is 10.0. The van der Waals surface area contributed by atoms with Crippen LogP contribution in [0.15, 0.2) is 12.3 Å². The van der Waals surface area contributed by atoms with Gasteiger partial charge in [0, 0.05) is 9.98 Å². The molecule has 16 heavy (non-hydrogen) atoms. The molecule has 0 N–H and O–H groups in total. The SMILES string of the molecule is CC1(C)C=CO[P+](=O)OC1C1CCCCC1. The zero-order valence-corrected chi connectivity index (χ0v) is 10.9. The Kier molecular flexibility index (Phi) is 3.66. The van der Waals surface area contributed by atoms with Crippen LogP contribution in [0.4, 0.5) is 0 Å². The topological polar surface area (TPSA) is 35.5 Å².